The van der Waals surface area contributed by atoms with Crippen LogP contribution in [0.25, 0.3) is 0 Å². The van der Waals surface area contributed by atoms with Crippen LogP contribution in [0.15, 0.2) is 4.99 Å². The van der Waals surface area contributed by atoms with Gasteiger partial charge in [0.05, 0.1) is 6.21 Å². The Morgan fingerprint density at radius 1 is 1.54 bits per heavy atom. The number of urea groups is 1. The molecule has 0 bridgehead atoms. The van der Waals surface area contributed by atoms with E-state index in [1.807, 2.05) is 0 Å². The first kappa shape index (κ1) is 9.77. The highest BCUT2D eigenvalue weighted by Crippen LogP contribution is 2.09. The smallest absolute Gasteiger partial charge is 0.298 e. The molecule has 0 saturated carbocycles. The minimum Gasteiger partial charge on any atom is -0.298 e. The topological polar surface area (TPSA) is 139 Å². The standard InChI is InChI=1S/C4H5N3O5S/c5-4(13(10,11)12)1-6-3(9)7-2(4)8/h1H,5H2,(H,7,8,9)(H,10,11,12). The minimum atomic E-state index is -4.83. The van der Waals surface area contributed by atoms with Crippen LogP contribution in [-0.2, 0) is 14.9 Å². The second-order valence-electron chi connectivity index (χ2n) is 2.29. The highest BCUT2D eigenvalue weighted by atomic mass is 32.2. The van der Waals surface area contributed by atoms with Gasteiger partial charge in [-0.05, 0) is 0 Å². The molecule has 1 aliphatic heterocycles. The van der Waals surface area contributed by atoms with Crippen LogP contribution in [-0.4, -0.2) is 36.0 Å². The first-order chi connectivity index (χ1) is 5.77. The number of rotatable bonds is 1. The normalized spacial score (nSPS) is 28.8. The maximum absolute atomic E-state index is 10.9. The maximum Gasteiger partial charge on any atom is 0.347 e. The molecule has 1 heterocycles. The van der Waals surface area contributed by atoms with Crippen LogP contribution in [0.3, 0.4) is 0 Å². The summed E-state index contributed by atoms with van der Waals surface area (Å²) in [6.45, 7) is 0. The molecule has 8 nitrogen and oxygen atoms in total. The Labute approximate surface area is 72.6 Å². The molecule has 1 unspecified atom stereocenters. The fourth-order valence-electron chi connectivity index (χ4n) is 0.624. The molecule has 0 aromatic carbocycles. The summed E-state index contributed by atoms with van der Waals surface area (Å²) >= 11 is 0. The number of amides is 3. The molecule has 0 saturated heterocycles. The van der Waals surface area contributed by atoms with Gasteiger partial charge in [0.25, 0.3) is 20.9 Å². The third kappa shape index (κ3) is 1.43. The number of nitrogens with two attached hydrogens (primary N) is 1. The van der Waals surface area contributed by atoms with E-state index in [4.69, 9.17) is 10.3 Å². The first-order valence-corrected chi connectivity index (χ1v) is 4.38. The van der Waals surface area contributed by atoms with Crippen LogP contribution in [0, 0.1) is 0 Å². The van der Waals surface area contributed by atoms with Crippen molar-refractivity contribution in [3.8, 4) is 0 Å². The van der Waals surface area contributed by atoms with E-state index in [0.29, 0.717) is 6.21 Å². The molecule has 1 aliphatic rings. The first-order valence-electron chi connectivity index (χ1n) is 2.94. The number of nitrogens with one attached hydrogen (secondary N) is 1. The molecule has 0 radical (unpaired) electrons. The van der Waals surface area contributed by atoms with Crippen molar-refractivity contribution in [1.29, 1.82) is 0 Å². The molecule has 0 aromatic rings. The van der Waals surface area contributed by atoms with E-state index in [1.165, 1.54) is 5.32 Å². The third-order valence-corrected chi connectivity index (χ3v) is 2.52. The van der Waals surface area contributed by atoms with Crippen LogP contribution in [0.5, 0.6) is 0 Å². The number of hydrogen-bond acceptors (Lipinski definition) is 5. The van der Waals surface area contributed by atoms with E-state index >= 15 is 0 Å². The van der Waals surface area contributed by atoms with Crippen LogP contribution < -0.4 is 11.1 Å². The lowest BCUT2D eigenvalue weighted by Gasteiger charge is -2.21. The number of carbonyl (C=O) groups is 2. The van der Waals surface area contributed by atoms with Crippen LogP contribution in [0.1, 0.15) is 0 Å². The van der Waals surface area contributed by atoms with Crippen molar-refractivity contribution in [3.63, 3.8) is 0 Å². The number of nitrogens with zero attached hydrogens (tertiary/aromatic N) is 1. The molecule has 3 amide bonds. The lowest BCUT2D eigenvalue weighted by molar-refractivity contribution is -0.121. The Morgan fingerprint density at radius 3 is 2.46 bits per heavy atom. The molecule has 4 N–H and O–H groups in total. The number of aliphatic imine (C=N–C) groups is 1. The molecule has 72 valence electrons. The molecule has 1 rings (SSSR count). The zero-order valence-electron chi connectivity index (χ0n) is 6.09. The molecular formula is C4H5N3O5S. The van der Waals surface area contributed by atoms with Crippen molar-refractivity contribution in [2.45, 2.75) is 4.87 Å². The molecule has 0 fully saturated rings. The fraction of sp³-hybridized carbons (Fsp3) is 0.250. The fourth-order valence-corrected chi connectivity index (χ4v) is 1.10. The van der Waals surface area contributed by atoms with Crippen molar-refractivity contribution in [2.24, 2.45) is 10.7 Å². The Morgan fingerprint density at radius 2 is 2.08 bits per heavy atom. The van der Waals surface area contributed by atoms with Crippen molar-refractivity contribution in [1.82, 2.24) is 5.32 Å². The average molecular weight is 207 g/mol. The molecule has 9 heteroatoms. The monoisotopic (exact) mass is 207 g/mol. The number of carbonyl (C=O) groups excluding carboxylic acids is 2. The van der Waals surface area contributed by atoms with Crippen molar-refractivity contribution in [3.05, 3.63) is 0 Å². The molecule has 0 aliphatic carbocycles. The summed E-state index contributed by atoms with van der Waals surface area (Å²) < 4.78 is 29.7. The highest BCUT2D eigenvalue weighted by Gasteiger charge is 2.48. The van der Waals surface area contributed by atoms with Gasteiger partial charge in [0.2, 0.25) is 0 Å². The van der Waals surface area contributed by atoms with E-state index in [-0.39, 0.29) is 0 Å². The Bertz CT molecular complexity index is 398. The lowest BCUT2D eigenvalue weighted by Crippen LogP contribution is -2.63. The predicted molar refractivity (Wildman–Crippen MR) is 40.5 cm³/mol. The van der Waals surface area contributed by atoms with Gasteiger partial charge in [-0.3, -0.25) is 20.4 Å². The van der Waals surface area contributed by atoms with E-state index < -0.39 is 26.9 Å². The molecular weight excluding hydrogens is 202 g/mol. The summed E-state index contributed by atoms with van der Waals surface area (Å²) in [6, 6.07) is -1.03. The molecule has 0 aromatic heterocycles. The average Bonchev–Trinajstić information content (AvgIpc) is 1.95. The Kier molecular flexibility index (Phi) is 1.94. The van der Waals surface area contributed by atoms with Crippen LogP contribution in [0.2, 0.25) is 0 Å². The third-order valence-electron chi connectivity index (χ3n) is 1.38. The zero-order valence-corrected chi connectivity index (χ0v) is 6.91. The summed E-state index contributed by atoms with van der Waals surface area (Å²) in [6.07, 6.45) is 0.378. The maximum atomic E-state index is 10.9. The van der Waals surface area contributed by atoms with Crippen LogP contribution >= 0.6 is 0 Å². The van der Waals surface area contributed by atoms with Crippen molar-refractivity contribution < 1.29 is 22.6 Å². The molecule has 1 atom stereocenters. The number of imide groups is 1. The van der Waals surface area contributed by atoms with Gasteiger partial charge in [-0.2, -0.15) is 8.42 Å². The summed E-state index contributed by atoms with van der Waals surface area (Å²) in [7, 11) is -4.83. The van der Waals surface area contributed by atoms with Crippen LogP contribution in [0.4, 0.5) is 4.79 Å². The Hall–Kier alpha value is -1.32. The predicted octanol–water partition coefficient (Wildman–Crippen LogP) is -2.15. The van der Waals surface area contributed by atoms with E-state index in [1.54, 1.807) is 0 Å². The summed E-state index contributed by atoms with van der Waals surface area (Å²) in [5.41, 5.74) is 4.99. The molecule has 13 heavy (non-hydrogen) atoms. The van der Waals surface area contributed by atoms with Gasteiger partial charge in [0.1, 0.15) is 0 Å². The van der Waals surface area contributed by atoms with Gasteiger partial charge in [0.15, 0.2) is 0 Å². The highest BCUT2D eigenvalue weighted by molar-refractivity contribution is 7.88. The van der Waals surface area contributed by atoms with E-state index in [9.17, 15) is 18.0 Å². The van der Waals surface area contributed by atoms with Gasteiger partial charge in [-0.1, -0.05) is 0 Å². The summed E-state index contributed by atoms with van der Waals surface area (Å²) in [4.78, 5) is 21.6. The van der Waals surface area contributed by atoms with E-state index in [0.717, 1.165) is 0 Å². The van der Waals surface area contributed by atoms with E-state index in [2.05, 4.69) is 4.99 Å². The molecule has 0 spiro atoms. The quantitative estimate of drug-likeness (QED) is 0.419. The Balaban J connectivity index is 3.27. The van der Waals surface area contributed by atoms with Gasteiger partial charge in [-0.15, -0.1) is 0 Å². The van der Waals surface area contributed by atoms with Crippen molar-refractivity contribution >= 4 is 28.3 Å². The van der Waals surface area contributed by atoms with Gasteiger partial charge < -0.3 is 0 Å². The SMILES string of the molecule is NC1(S(=O)(=O)O)C=NC(=O)NC1=O. The number of hydrogen-bond donors (Lipinski definition) is 3. The van der Waals surface area contributed by atoms with Gasteiger partial charge >= 0.3 is 6.03 Å². The minimum absolute atomic E-state index is 0.378. The zero-order chi connectivity index (χ0) is 10.3. The second-order valence-corrected chi connectivity index (χ2v) is 3.91. The van der Waals surface area contributed by atoms with Crippen molar-refractivity contribution in [2.75, 3.05) is 0 Å². The van der Waals surface area contributed by atoms with Gasteiger partial charge in [0, 0.05) is 0 Å². The second kappa shape index (κ2) is 2.58. The van der Waals surface area contributed by atoms with Gasteiger partial charge in [-0.25, -0.2) is 9.79 Å². The summed E-state index contributed by atoms with van der Waals surface area (Å²) in [5.74, 6) is -1.34. The lowest BCUT2D eigenvalue weighted by atomic mass is 10.3. The largest absolute Gasteiger partial charge is 0.347 e. The summed E-state index contributed by atoms with van der Waals surface area (Å²) in [5, 5.41) is 1.54.